The third-order valence-corrected chi connectivity index (χ3v) is 5.82. The van der Waals surface area contributed by atoms with Crippen LogP contribution < -0.4 is 0 Å². The van der Waals surface area contributed by atoms with Gasteiger partial charge in [-0.1, -0.05) is 23.8 Å². The molecule has 1 aromatic rings. The molecule has 5 nitrogen and oxygen atoms in total. The molecule has 1 heterocycles. The van der Waals surface area contributed by atoms with Crippen LogP contribution in [0.25, 0.3) is 0 Å². The molecule has 0 spiro atoms. The molecule has 0 radical (unpaired) electrons. The molecule has 1 fully saturated rings. The van der Waals surface area contributed by atoms with Gasteiger partial charge in [0.25, 0.3) is 0 Å². The van der Waals surface area contributed by atoms with Gasteiger partial charge in [0.1, 0.15) is 0 Å². The Hall–Kier alpha value is -1.21. The van der Waals surface area contributed by atoms with E-state index in [0.717, 1.165) is 5.56 Å². The SMILES string of the molecule is C=CCN([C@@H]1COC(C)(C)O[C@@H]1C)S(=O)(=O)c1ccc(C)cc1. The standard InChI is InChI=1S/C17H25NO4S/c1-6-11-18(16-12-21-17(4,5)22-14(16)3)23(19,20)15-9-7-13(2)8-10-15/h6-10,14,16H,1,11-12H2,2-5H3/t14-,16-/m1/s1. The molecule has 1 aromatic carbocycles. The molecule has 1 saturated heterocycles. The number of sulfonamides is 1. The van der Waals surface area contributed by atoms with Crippen LogP contribution in [0.2, 0.25) is 0 Å². The molecule has 0 aromatic heterocycles. The second kappa shape index (κ2) is 6.73. The van der Waals surface area contributed by atoms with Crippen LogP contribution in [0.3, 0.4) is 0 Å². The van der Waals surface area contributed by atoms with Crippen LogP contribution in [0.5, 0.6) is 0 Å². The van der Waals surface area contributed by atoms with Gasteiger partial charge in [-0.2, -0.15) is 4.31 Å². The lowest BCUT2D eigenvalue weighted by Crippen LogP contribution is -2.56. The Morgan fingerprint density at radius 2 is 1.96 bits per heavy atom. The maximum absolute atomic E-state index is 13.0. The van der Waals surface area contributed by atoms with Crippen molar-refractivity contribution in [2.75, 3.05) is 13.2 Å². The summed E-state index contributed by atoms with van der Waals surface area (Å²) < 4.78 is 38.9. The molecular weight excluding hydrogens is 314 g/mol. The van der Waals surface area contributed by atoms with Gasteiger partial charge in [0, 0.05) is 6.54 Å². The summed E-state index contributed by atoms with van der Waals surface area (Å²) in [5.74, 6) is -0.705. The van der Waals surface area contributed by atoms with E-state index < -0.39 is 21.9 Å². The van der Waals surface area contributed by atoms with E-state index in [4.69, 9.17) is 9.47 Å². The summed E-state index contributed by atoms with van der Waals surface area (Å²) in [6.45, 7) is 11.6. The van der Waals surface area contributed by atoms with Crippen LogP contribution in [-0.2, 0) is 19.5 Å². The molecular formula is C17H25NO4S. The number of hydrogen-bond acceptors (Lipinski definition) is 4. The lowest BCUT2D eigenvalue weighted by molar-refractivity contribution is -0.284. The highest BCUT2D eigenvalue weighted by molar-refractivity contribution is 7.89. The van der Waals surface area contributed by atoms with Crippen LogP contribution in [-0.4, -0.2) is 43.8 Å². The number of aryl methyl sites for hydroxylation is 1. The molecule has 2 atom stereocenters. The molecule has 0 N–H and O–H groups in total. The molecule has 128 valence electrons. The van der Waals surface area contributed by atoms with Gasteiger partial charge in [0.05, 0.1) is 23.6 Å². The third-order valence-electron chi connectivity index (χ3n) is 3.92. The summed E-state index contributed by atoms with van der Waals surface area (Å²) in [6, 6.07) is 6.44. The first-order valence-corrected chi connectivity index (χ1v) is 9.12. The van der Waals surface area contributed by atoms with E-state index in [9.17, 15) is 8.42 Å². The van der Waals surface area contributed by atoms with Crippen molar-refractivity contribution in [3.63, 3.8) is 0 Å². The first-order chi connectivity index (χ1) is 10.7. The van der Waals surface area contributed by atoms with Crippen molar-refractivity contribution in [3.05, 3.63) is 42.5 Å². The van der Waals surface area contributed by atoms with E-state index in [1.165, 1.54) is 4.31 Å². The van der Waals surface area contributed by atoms with E-state index in [1.54, 1.807) is 30.3 Å². The molecule has 0 bridgehead atoms. The van der Waals surface area contributed by atoms with E-state index in [0.29, 0.717) is 0 Å². The fourth-order valence-electron chi connectivity index (χ4n) is 2.68. The molecule has 1 aliphatic rings. The average molecular weight is 339 g/mol. The van der Waals surface area contributed by atoms with Crippen molar-refractivity contribution in [2.24, 2.45) is 0 Å². The fraction of sp³-hybridized carbons (Fsp3) is 0.529. The van der Waals surface area contributed by atoms with Crippen molar-refractivity contribution in [2.45, 2.75) is 50.5 Å². The second-order valence-electron chi connectivity index (χ2n) is 6.28. The smallest absolute Gasteiger partial charge is 0.243 e. The van der Waals surface area contributed by atoms with Gasteiger partial charge >= 0.3 is 0 Å². The minimum Gasteiger partial charge on any atom is -0.349 e. The first-order valence-electron chi connectivity index (χ1n) is 7.68. The van der Waals surface area contributed by atoms with Gasteiger partial charge in [-0.3, -0.25) is 0 Å². The van der Waals surface area contributed by atoms with E-state index in [2.05, 4.69) is 6.58 Å². The van der Waals surface area contributed by atoms with Crippen LogP contribution >= 0.6 is 0 Å². The normalized spacial score (nSPS) is 24.6. The Balaban J connectivity index is 2.34. The molecule has 2 rings (SSSR count). The number of benzene rings is 1. The van der Waals surface area contributed by atoms with E-state index >= 15 is 0 Å². The zero-order chi connectivity index (χ0) is 17.3. The Morgan fingerprint density at radius 1 is 1.35 bits per heavy atom. The quantitative estimate of drug-likeness (QED) is 0.774. The molecule has 0 unspecified atom stereocenters. The lowest BCUT2D eigenvalue weighted by Gasteiger charge is -2.43. The largest absolute Gasteiger partial charge is 0.349 e. The fourth-order valence-corrected chi connectivity index (χ4v) is 4.32. The highest BCUT2D eigenvalue weighted by Crippen LogP contribution is 2.28. The molecule has 1 aliphatic heterocycles. The number of nitrogens with zero attached hydrogens (tertiary/aromatic N) is 1. The van der Waals surface area contributed by atoms with Crippen LogP contribution in [0, 0.1) is 6.92 Å². The summed E-state index contributed by atoms with van der Waals surface area (Å²) >= 11 is 0. The zero-order valence-corrected chi connectivity index (χ0v) is 15.0. The van der Waals surface area contributed by atoms with Gasteiger partial charge in [0.2, 0.25) is 10.0 Å². The predicted octanol–water partition coefficient (Wildman–Crippen LogP) is 2.71. The minimum absolute atomic E-state index is 0.207. The summed E-state index contributed by atoms with van der Waals surface area (Å²) in [5, 5.41) is 0. The topological polar surface area (TPSA) is 55.8 Å². The number of hydrogen-bond donors (Lipinski definition) is 0. The van der Waals surface area contributed by atoms with Crippen molar-refractivity contribution in [1.82, 2.24) is 4.31 Å². The average Bonchev–Trinajstić information content (AvgIpc) is 2.45. The maximum Gasteiger partial charge on any atom is 0.243 e. The van der Waals surface area contributed by atoms with Gasteiger partial charge in [-0.05, 0) is 39.8 Å². The molecule has 0 aliphatic carbocycles. The van der Waals surface area contributed by atoms with Gasteiger partial charge < -0.3 is 9.47 Å². The van der Waals surface area contributed by atoms with Gasteiger partial charge in [-0.15, -0.1) is 6.58 Å². The summed E-state index contributed by atoms with van der Waals surface area (Å²) in [6.07, 6.45) is 1.30. The highest BCUT2D eigenvalue weighted by Gasteiger charge is 2.41. The van der Waals surface area contributed by atoms with Crippen LogP contribution in [0.4, 0.5) is 0 Å². The Bertz CT molecular complexity index is 652. The molecule has 0 amide bonds. The summed E-state index contributed by atoms with van der Waals surface area (Å²) in [7, 11) is -3.65. The molecule has 0 saturated carbocycles. The van der Waals surface area contributed by atoms with Gasteiger partial charge in [-0.25, -0.2) is 8.42 Å². The lowest BCUT2D eigenvalue weighted by atomic mass is 10.1. The van der Waals surface area contributed by atoms with Crippen molar-refractivity contribution in [3.8, 4) is 0 Å². The van der Waals surface area contributed by atoms with E-state index in [1.807, 2.05) is 27.7 Å². The molecule has 23 heavy (non-hydrogen) atoms. The molecule has 6 heteroatoms. The van der Waals surface area contributed by atoms with Crippen molar-refractivity contribution < 1.29 is 17.9 Å². The number of ether oxygens (including phenoxy) is 2. The minimum atomic E-state index is -3.65. The summed E-state index contributed by atoms with van der Waals surface area (Å²) in [5.41, 5.74) is 1.01. The van der Waals surface area contributed by atoms with Crippen LogP contribution in [0.1, 0.15) is 26.3 Å². The monoisotopic (exact) mass is 339 g/mol. The highest BCUT2D eigenvalue weighted by atomic mass is 32.2. The van der Waals surface area contributed by atoms with Crippen LogP contribution in [0.15, 0.2) is 41.8 Å². The van der Waals surface area contributed by atoms with Gasteiger partial charge in [0.15, 0.2) is 5.79 Å². The predicted molar refractivity (Wildman–Crippen MR) is 89.6 cm³/mol. The Labute approximate surface area is 138 Å². The zero-order valence-electron chi connectivity index (χ0n) is 14.2. The second-order valence-corrected chi connectivity index (χ2v) is 8.17. The maximum atomic E-state index is 13.0. The van der Waals surface area contributed by atoms with E-state index in [-0.39, 0.29) is 24.2 Å². The first kappa shape index (κ1) is 18.1. The third kappa shape index (κ3) is 4.01. The summed E-state index contributed by atoms with van der Waals surface area (Å²) in [4.78, 5) is 0.266. The Morgan fingerprint density at radius 3 is 2.48 bits per heavy atom. The Kier molecular flexibility index (Phi) is 5.30. The van der Waals surface area contributed by atoms with Crippen molar-refractivity contribution >= 4 is 10.0 Å². The van der Waals surface area contributed by atoms with Crippen molar-refractivity contribution in [1.29, 1.82) is 0 Å². The number of rotatable bonds is 5.